The Morgan fingerprint density at radius 3 is 2.70 bits per heavy atom. The number of aromatic nitrogens is 3. The molecule has 2 heterocycles. The molecule has 0 bridgehead atoms. The molecular weight excluding hydrogens is 502 g/mol. The largest absolute Gasteiger partial charge is 0.481 e. The molecule has 1 N–H and O–H groups in total. The summed E-state index contributed by atoms with van der Waals surface area (Å²) in [6.45, 7) is 1.00. The summed E-state index contributed by atoms with van der Waals surface area (Å²) in [5.74, 6) is 0.746. The van der Waals surface area contributed by atoms with Crippen molar-refractivity contribution in [3.63, 3.8) is 0 Å². The molecule has 0 radical (unpaired) electrons. The van der Waals surface area contributed by atoms with E-state index in [4.69, 9.17) is 4.99 Å². The lowest BCUT2D eigenvalue weighted by Gasteiger charge is -2.14. The molecule has 33 heavy (non-hydrogen) atoms. The van der Waals surface area contributed by atoms with Crippen LogP contribution in [-0.4, -0.2) is 62.8 Å². The van der Waals surface area contributed by atoms with Crippen molar-refractivity contribution in [1.82, 2.24) is 19.7 Å². The molecule has 3 aromatic rings. The Bertz CT molecular complexity index is 1160. The molecule has 0 aliphatic carbocycles. The fourth-order valence-electron chi connectivity index (χ4n) is 3.82. The fourth-order valence-corrected chi connectivity index (χ4v) is 5.05. The molecule has 0 saturated carbocycles. The van der Waals surface area contributed by atoms with Crippen LogP contribution in [0.5, 0.6) is 0 Å². The second kappa shape index (κ2) is 10.6. The molecular formula is C24H26BrN5O2S. The van der Waals surface area contributed by atoms with E-state index >= 15 is 0 Å². The minimum Gasteiger partial charge on any atom is -0.481 e. The van der Waals surface area contributed by atoms with Crippen LogP contribution in [0.2, 0.25) is 0 Å². The molecule has 1 aliphatic rings. The van der Waals surface area contributed by atoms with Gasteiger partial charge in [0.05, 0.1) is 11.4 Å². The molecule has 0 amide bonds. The Balaban J connectivity index is 1.82. The van der Waals surface area contributed by atoms with E-state index in [-0.39, 0.29) is 6.42 Å². The first-order chi connectivity index (χ1) is 15.9. The highest BCUT2D eigenvalue weighted by molar-refractivity contribution is 9.10. The van der Waals surface area contributed by atoms with E-state index < -0.39 is 12.0 Å². The third-order valence-corrected chi connectivity index (χ3v) is 6.86. The SMILES string of the molecule is CN(C)CCCSc1nnc2n1-c1ccc(Br)cc1C(c1ccccc1)=N[C@H]2CCC(=O)O. The number of aliphatic imine (C=N–C) groups is 1. The summed E-state index contributed by atoms with van der Waals surface area (Å²) < 4.78 is 3.01. The van der Waals surface area contributed by atoms with E-state index in [2.05, 4.69) is 55.8 Å². The van der Waals surface area contributed by atoms with Gasteiger partial charge in [-0.25, -0.2) is 0 Å². The van der Waals surface area contributed by atoms with E-state index in [1.807, 2.05) is 42.5 Å². The highest BCUT2D eigenvalue weighted by Crippen LogP contribution is 2.36. The zero-order valence-electron chi connectivity index (χ0n) is 18.6. The summed E-state index contributed by atoms with van der Waals surface area (Å²) in [6, 6.07) is 15.7. The summed E-state index contributed by atoms with van der Waals surface area (Å²) in [6.07, 6.45) is 1.39. The molecule has 1 aliphatic heterocycles. The van der Waals surface area contributed by atoms with Crippen molar-refractivity contribution in [2.75, 3.05) is 26.4 Å². The maximum absolute atomic E-state index is 11.4. The van der Waals surface area contributed by atoms with Crippen LogP contribution in [-0.2, 0) is 4.79 Å². The Morgan fingerprint density at radius 1 is 1.18 bits per heavy atom. The summed E-state index contributed by atoms with van der Waals surface area (Å²) in [7, 11) is 4.13. The number of rotatable bonds is 9. The number of hydrogen-bond acceptors (Lipinski definition) is 6. The Labute approximate surface area is 206 Å². The minimum absolute atomic E-state index is 0.00838. The molecule has 2 aromatic carbocycles. The van der Waals surface area contributed by atoms with Crippen LogP contribution in [0.3, 0.4) is 0 Å². The van der Waals surface area contributed by atoms with E-state index in [0.717, 1.165) is 50.9 Å². The fraction of sp³-hybridized carbons (Fsp3) is 0.333. The summed E-state index contributed by atoms with van der Waals surface area (Å²) >= 11 is 5.28. The van der Waals surface area contributed by atoms with Crippen molar-refractivity contribution < 1.29 is 9.90 Å². The van der Waals surface area contributed by atoms with E-state index in [1.54, 1.807) is 11.8 Å². The maximum Gasteiger partial charge on any atom is 0.303 e. The van der Waals surface area contributed by atoms with Crippen LogP contribution in [0.4, 0.5) is 0 Å². The third-order valence-electron chi connectivity index (χ3n) is 5.36. The zero-order valence-corrected chi connectivity index (χ0v) is 21.0. The molecule has 172 valence electrons. The lowest BCUT2D eigenvalue weighted by molar-refractivity contribution is -0.137. The summed E-state index contributed by atoms with van der Waals surface area (Å²) in [5, 5.41) is 19.1. The molecule has 7 nitrogen and oxygen atoms in total. The van der Waals surface area contributed by atoms with E-state index in [0.29, 0.717) is 12.2 Å². The number of carboxylic acids is 1. The van der Waals surface area contributed by atoms with Crippen LogP contribution in [0.15, 0.2) is 63.2 Å². The van der Waals surface area contributed by atoms with Gasteiger partial charge in [0.25, 0.3) is 0 Å². The molecule has 0 spiro atoms. The Kier molecular flexibility index (Phi) is 7.62. The van der Waals surface area contributed by atoms with Crippen LogP contribution in [0.25, 0.3) is 5.69 Å². The van der Waals surface area contributed by atoms with Gasteiger partial charge >= 0.3 is 5.97 Å². The van der Waals surface area contributed by atoms with Crippen LogP contribution in [0, 0.1) is 0 Å². The number of carboxylic acid groups (broad SMARTS) is 1. The van der Waals surface area contributed by atoms with Gasteiger partial charge < -0.3 is 10.0 Å². The monoisotopic (exact) mass is 527 g/mol. The van der Waals surface area contributed by atoms with Crippen molar-refractivity contribution in [3.8, 4) is 5.69 Å². The number of carbonyl (C=O) groups is 1. The van der Waals surface area contributed by atoms with Crippen molar-refractivity contribution in [3.05, 3.63) is 70.0 Å². The molecule has 0 fully saturated rings. The van der Waals surface area contributed by atoms with Crippen LogP contribution < -0.4 is 0 Å². The van der Waals surface area contributed by atoms with Crippen LogP contribution in [0.1, 0.15) is 42.3 Å². The predicted octanol–water partition coefficient (Wildman–Crippen LogP) is 4.83. The van der Waals surface area contributed by atoms with Gasteiger partial charge in [0.2, 0.25) is 0 Å². The van der Waals surface area contributed by atoms with Crippen molar-refractivity contribution in [2.45, 2.75) is 30.5 Å². The molecule has 1 atom stereocenters. The van der Waals surface area contributed by atoms with Crippen molar-refractivity contribution in [1.29, 1.82) is 0 Å². The number of benzene rings is 2. The summed E-state index contributed by atoms with van der Waals surface area (Å²) in [5.41, 5.74) is 3.73. The highest BCUT2D eigenvalue weighted by Gasteiger charge is 2.29. The van der Waals surface area contributed by atoms with Gasteiger partial charge in [0.1, 0.15) is 6.04 Å². The maximum atomic E-state index is 11.4. The van der Waals surface area contributed by atoms with Crippen molar-refractivity contribution in [2.24, 2.45) is 4.99 Å². The minimum atomic E-state index is -0.847. The first-order valence-electron chi connectivity index (χ1n) is 10.8. The molecule has 9 heteroatoms. The second-order valence-electron chi connectivity index (χ2n) is 8.13. The quantitative estimate of drug-likeness (QED) is 0.317. The number of nitrogens with zero attached hydrogens (tertiary/aromatic N) is 5. The number of halogens is 1. The van der Waals surface area contributed by atoms with Gasteiger partial charge in [-0.2, -0.15) is 0 Å². The smallest absolute Gasteiger partial charge is 0.303 e. The highest BCUT2D eigenvalue weighted by atomic mass is 79.9. The van der Waals surface area contributed by atoms with Gasteiger partial charge in [-0.05, 0) is 51.7 Å². The van der Waals surface area contributed by atoms with Gasteiger partial charge in [-0.15, -0.1) is 10.2 Å². The first kappa shape index (κ1) is 23.7. The van der Waals surface area contributed by atoms with E-state index in [1.165, 1.54) is 0 Å². The molecule has 1 aromatic heterocycles. The Hall–Kier alpha value is -2.49. The topological polar surface area (TPSA) is 83.6 Å². The standard InChI is InChI=1S/C24H26BrN5O2S/c1-29(2)13-6-14-33-24-28-27-23-19(10-12-21(31)32)26-22(16-7-4-3-5-8-16)18-15-17(25)9-11-20(18)30(23)24/h3-5,7-9,11,15,19H,6,10,12-14H2,1-2H3,(H,31,32)/t19-/m0/s1. The molecule has 4 rings (SSSR count). The molecule has 0 unspecified atom stereocenters. The number of hydrogen-bond donors (Lipinski definition) is 1. The second-order valence-corrected chi connectivity index (χ2v) is 10.1. The van der Waals surface area contributed by atoms with E-state index in [9.17, 15) is 9.90 Å². The lowest BCUT2D eigenvalue weighted by atomic mass is 10.0. The molecule has 0 saturated heterocycles. The number of aliphatic carboxylic acids is 1. The summed E-state index contributed by atoms with van der Waals surface area (Å²) in [4.78, 5) is 18.6. The predicted molar refractivity (Wildman–Crippen MR) is 135 cm³/mol. The zero-order chi connectivity index (χ0) is 23.4. The normalized spacial score (nSPS) is 15.0. The van der Waals surface area contributed by atoms with Gasteiger partial charge in [-0.1, -0.05) is 58.0 Å². The Morgan fingerprint density at radius 2 is 1.97 bits per heavy atom. The van der Waals surface area contributed by atoms with Gasteiger partial charge in [0.15, 0.2) is 11.0 Å². The van der Waals surface area contributed by atoms with Gasteiger partial charge in [0, 0.05) is 27.8 Å². The third kappa shape index (κ3) is 5.54. The average molecular weight is 528 g/mol. The number of fused-ring (bicyclic) bond motifs is 3. The average Bonchev–Trinajstić information content (AvgIpc) is 3.15. The number of thioether (sulfide) groups is 1. The first-order valence-corrected chi connectivity index (χ1v) is 12.6. The van der Waals surface area contributed by atoms with Gasteiger partial charge in [-0.3, -0.25) is 14.4 Å². The van der Waals surface area contributed by atoms with Crippen LogP contribution >= 0.6 is 27.7 Å². The van der Waals surface area contributed by atoms with Crippen molar-refractivity contribution >= 4 is 39.4 Å². The lowest BCUT2D eigenvalue weighted by Crippen LogP contribution is -2.13.